The van der Waals surface area contributed by atoms with Gasteiger partial charge in [0.15, 0.2) is 0 Å². The van der Waals surface area contributed by atoms with Crippen molar-refractivity contribution in [3.63, 3.8) is 0 Å². The number of hydrogen-bond donors (Lipinski definition) is 0. The molecule has 0 radical (unpaired) electrons. The maximum absolute atomic E-state index is 2.77. The fourth-order valence-corrected chi connectivity index (χ4v) is 5.80. The molecule has 1 aliphatic rings. The lowest BCUT2D eigenvalue weighted by Gasteiger charge is -2.26. The van der Waals surface area contributed by atoms with Crippen LogP contribution in [0, 0.1) is 17.8 Å². The van der Waals surface area contributed by atoms with E-state index in [2.05, 4.69) is 60.3 Å². The zero-order valence-electron chi connectivity index (χ0n) is 22.8. The molecule has 0 saturated heterocycles. The second-order valence-electron chi connectivity index (χ2n) is 10.5. The molecule has 3 unspecified atom stereocenters. The van der Waals surface area contributed by atoms with Gasteiger partial charge in [0, 0.05) is 6.54 Å². The molecule has 1 aliphatic carbocycles. The van der Waals surface area contributed by atoms with Crippen LogP contribution in [-0.4, -0.2) is 24.5 Å². The molecule has 182 valence electrons. The zero-order chi connectivity index (χ0) is 23.2. The van der Waals surface area contributed by atoms with Crippen molar-refractivity contribution in [1.82, 2.24) is 4.90 Å². The van der Waals surface area contributed by atoms with Crippen molar-refractivity contribution >= 4 is 0 Å². The maximum Gasteiger partial charge on any atom is 0.00189 e. The van der Waals surface area contributed by atoms with Crippen molar-refractivity contribution in [2.45, 2.75) is 132 Å². The largest absolute Gasteiger partial charge is 0.303 e. The van der Waals surface area contributed by atoms with Crippen molar-refractivity contribution in [1.29, 1.82) is 0 Å². The van der Waals surface area contributed by atoms with Crippen molar-refractivity contribution in [3.05, 3.63) is 22.3 Å². The molecule has 0 aromatic carbocycles. The fraction of sp³-hybridized carbons (Fsp3) is 0.867. The van der Waals surface area contributed by atoms with Crippen LogP contribution in [0.5, 0.6) is 0 Å². The molecular formula is C30H57N. The monoisotopic (exact) mass is 431 g/mol. The summed E-state index contributed by atoms with van der Waals surface area (Å²) in [6.07, 6.45) is 15.8. The maximum atomic E-state index is 2.77. The normalized spacial score (nSPS) is 17.7. The van der Waals surface area contributed by atoms with Gasteiger partial charge in [-0.3, -0.25) is 0 Å². The lowest BCUT2D eigenvalue weighted by Crippen LogP contribution is -2.27. The molecule has 0 aliphatic heterocycles. The Hall–Kier alpha value is -0.560. The van der Waals surface area contributed by atoms with Crippen LogP contribution in [-0.2, 0) is 0 Å². The van der Waals surface area contributed by atoms with Crippen molar-refractivity contribution in [3.8, 4) is 0 Å². The number of nitrogens with zero attached hydrogens (tertiary/aromatic N) is 1. The highest BCUT2D eigenvalue weighted by Gasteiger charge is 2.32. The molecule has 0 aromatic rings. The van der Waals surface area contributed by atoms with Gasteiger partial charge < -0.3 is 4.90 Å². The predicted molar refractivity (Wildman–Crippen MR) is 142 cm³/mol. The van der Waals surface area contributed by atoms with Crippen LogP contribution >= 0.6 is 0 Å². The van der Waals surface area contributed by atoms with E-state index in [4.69, 9.17) is 0 Å². The van der Waals surface area contributed by atoms with Crippen LogP contribution in [0.3, 0.4) is 0 Å². The quantitative estimate of drug-likeness (QED) is 0.209. The molecule has 0 aromatic heterocycles. The van der Waals surface area contributed by atoms with E-state index in [1.165, 1.54) is 96.7 Å². The Balaban J connectivity index is 3.19. The minimum atomic E-state index is 0.723. The molecule has 0 bridgehead atoms. The van der Waals surface area contributed by atoms with Gasteiger partial charge in [-0.05, 0) is 86.9 Å². The standard InChI is InChI=1S/C30H57N/c1-9-14-20-31(21-15-10-2)22-19-27-23-28(24(6)16-11-3)30(26(8)18-13-5)29(27)25(7)17-12-4/h24-26H,9-23H2,1-8H3. The minimum absolute atomic E-state index is 0.723. The molecule has 1 heteroatoms. The smallest absolute Gasteiger partial charge is 0.00189 e. The number of unbranched alkanes of at least 4 members (excludes halogenated alkanes) is 2. The van der Waals surface area contributed by atoms with Crippen molar-refractivity contribution < 1.29 is 0 Å². The van der Waals surface area contributed by atoms with Crippen LogP contribution in [0.4, 0.5) is 0 Å². The van der Waals surface area contributed by atoms with Gasteiger partial charge in [-0.2, -0.15) is 0 Å². The van der Waals surface area contributed by atoms with Crippen LogP contribution in [0.25, 0.3) is 0 Å². The Morgan fingerprint density at radius 3 is 1.58 bits per heavy atom. The van der Waals surface area contributed by atoms with E-state index in [1.807, 2.05) is 22.3 Å². The molecule has 1 nitrogen and oxygen atoms in total. The van der Waals surface area contributed by atoms with Crippen molar-refractivity contribution in [2.24, 2.45) is 17.8 Å². The van der Waals surface area contributed by atoms with Crippen molar-refractivity contribution in [2.75, 3.05) is 19.6 Å². The Bertz CT molecular complexity index is 533. The molecule has 3 atom stereocenters. The minimum Gasteiger partial charge on any atom is -0.303 e. The van der Waals surface area contributed by atoms with E-state index in [0.29, 0.717) is 0 Å². The highest BCUT2D eigenvalue weighted by Crippen LogP contribution is 2.47. The van der Waals surface area contributed by atoms with E-state index in [0.717, 1.165) is 17.8 Å². The average Bonchev–Trinajstić information content (AvgIpc) is 3.13. The summed E-state index contributed by atoms with van der Waals surface area (Å²) < 4.78 is 0. The van der Waals surface area contributed by atoms with Gasteiger partial charge in [0.05, 0.1) is 0 Å². The van der Waals surface area contributed by atoms with E-state index >= 15 is 0 Å². The summed E-state index contributed by atoms with van der Waals surface area (Å²) in [4.78, 5) is 2.77. The molecule has 0 N–H and O–H groups in total. The van der Waals surface area contributed by atoms with E-state index in [9.17, 15) is 0 Å². The van der Waals surface area contributed by atoms with Crippen LogP contribution in [0.1, 0.15) is 132 Å². The summed E-state index contributed by atoms with van der Waals surface area (Å²) >= 11 is 0. The van der Waals surface area contributed by atoms with Gasteiger partial charge in [-0.1, -0.05) is 98.6 Å². The molecule has 0 fully saturated rings. The number of rotatable bonds is 18. The summed E-state index contributed by atoms with van der Waals surface area (Å²) in [5, 5.41) is 0. The first kappa shape index (κ1) is 28.5. The SMILES string of the molecule is CCCCN(CCCC)CCC1=C(C(C)CCC)C(C(C)CCC)=C(C(C)CCC)C1. The first-order valence-electron chi connectivity index (χ1n) is 14.1. The van der Waals surface area contributed by atoms with Crippen LogP contribution in [0.2, 0.25) is 0 Å². The molecule has 31 heavy (non-hydrogen) atoms. The molecule has 0 heterocycles. The summed E-state index contributed by atoms with van der Waals surface area (Å²) in [5.41, 5.74) is 7.26. The van der Waals surface area contributed by atoms with Gasteiger partial charge in [-0.15, -0.1) is 0 Å². The molecular weight excluding hydrogens is 374 g/mol. The zero-order valence-corrected chi connectivity index (χ0v) is 22.8. The number of hydrogen-bond acceptors (Lipinski definition) is 1. The topological polar surface area (TPSA) is 3.24 Å². The van der Waals surface area contributed by atoms with E-state index in [1.54, 1.807) is 0 Å². The lowest BCUT2D eigenvalue weighted by atomic mass is 9.80. The Kier molecular flexibility index (Phi) is 14.8. The second kappa shape index (κ2) is 16.1. The molecule has 0 saturated carbocycles. The molecule has 0 spiro atoms. The van der Waals surface area contributed by atoms with Gasteiger partial charge in [0.25, 0.3) is 0 Å². The van der Waals surface area contributed by atoms with E-state index < -0.39 is 0 Å². The fourth-order valence-electron chi connectivity index (χ4n) is 5.80. The Morgan fingerprint density at radius 2 is 1.10 bits per heavy atom. The highest BCUT2D eigenvalue weighted by molar-refractivity contribution is 5.50. The third-order valence-electron chi connectivity index (χ3n) is 7.55. The van der Waals surface area contributed by atoms with Gasteiger partial charge in [0.1, 0.15) is 0 Å². The Labute approximate surface area is 197 Å². The van der Waals surface area contributed by atoms with Gasteiger partial charge in [-0.25, -0.2) is 0 Å². The summed E-state index contributed by atoms with van der Waals surface area (Å²) in [5.74, 6) is 2.19. The summed E-state index contributed by atoms with van der Waals surface area (Å²) in [7, 11) is 0. The lowest BCUT2D eigenvalue weighted by molar-refractivity contribution is 0.267. The molecule has 1 rings (SSSR count). The van der Waals surface area contributed by atoms with Gasteiger partial charge >= 0.3 is 0 Å². The Morgan fingerprint density at radius 1 is 0.613 bits per heavy atom. The second-order valence-corrected chi connectivity index (χ2v) is 10.5. The predicted octanol–water partition coefficient (Wildman–Crippen LogP) is 9.58. The number of allylic oxidation sites excluding steroid dienone is 3. The molecule has 0 amide bonds. The highest BCUT2D eigenvalue weighted by atomic mass is 15.1. The van der Waals surface area contributed by atoms with Gasteiger partial charge in [0.2, 0.25) is 0 Å². The summed E-state index contributed by atoms with van der Waals surface area (Å²) in [6, 6.07) is 0. The van der Waals surface area contributed by atoms with Crippen LogP contribution < -0.4 is 0 Å². The third-order valence-corrected chi connectivity index (χ3v) is 7.55. The first-order chi connectivity index (χ1) is 14.9. The van der Waals surface area contributed by atoms with E-state index in [-0.39, 0.29) is 0 Å². The third kappa shape index (κ3) is 9.07. The van der Waals surface area contributed by atoms with Crippen LogP contribution in [0.15, 0.2) is 22.3 Å². The summed E-state index contributed by atoms with van der Waals surface area (Å²) in [6.45, 7) is 23.1. The first-order valence-corrected chi connectivity index (χ1v) is 14.1. The average molecular weight is 432 g/mol.